The summed E-state index contributed by atoms with van der Waals surface area (Å²) >= 11 is 0. The van der Waals surface area contributed by atoms with Crippen LogP contribution < -0.4 is 5.32 Å². The van der Waals surface area contributed by atoms with Crippen molar-refractivity contribution in [3.05, 3.63) is 29.8 Å². The lowest BCUT2D eigenvalue weighted by Gasteiger charge is -2.23. The van der Waals surface area contributed by atoms with Gasteiger partial charge in [-0.05, 0) is 38.6 Å². The maximum absolute atomic E-state index is 11.9. The van der Waals surface area contributed by atoms with Crippen LogP contribution in [-0.2, 0) is 4.79 Å². The first-order valence-electron chi connectivity index (χ1n) is 6.57. The third-order valence-corrected chi connectivity index (χ3v) is 3.13. The van der Waals surface area contributed by atoms with E-state index in [4.69, 9.17) is 5.26 Å². The Hall–Kier alpha value is -1.86. The second-order valence-corrected chi connectivity index (χ2v) is 4.79. The summed E-state index contributed by atoms with van der Waals surface area (Å²) in [6.45, 7) is 4.61. The molecule has 0 saturated heterocycles. The summed E-state index contributed by atoms with van der Waals surface area (Å²) < 4.78 is 0. The molecule has 1 N–H and O–H groups in total. The van der Waals surface area contributed by atoms with Gasteiger partial charge in [0.2, 0.25) is 5.91 Å². The minimum atomic E-state index is -0.0551. The highest BCUT2D eigenvalue weighted by Crippen LogP contribution is 2.10. The molecule has 0 heterocycles. The molecule has 1 aromatic carbocycles. The molecule has 1 unspecified atom stereocenters. The highest BCUT2D eigenvalue weighted by Gasteiger charge is 2.12. The predicted molar refractivity (Wildman–Crippen MR) is 76.8 cm³/mol. The largest absolute Gasteiger partial charge is 0.325 e. The van der Waals surface area contributed by atoms with Crippen molar-refractivity contribution in [3.8, 4) is 6.07 Å². The maximum Gasteiger partial charge on any atom is 0.238 e. The van der Waals surface area contributed by atoms with Crippen LogP contribution in [-0.4, -0.2) is 30.4 Å². The van der Waals surface area contributed by atoms with Crippen LogP contribution in [0.3, 0.4) is 0 Å². The zero-order chi connectivity index (χ0) is 14.3. The van der Waals surface area contributed by atoms with Gasteiger partial charge in [-0.25, -0.2) is 0 Å². The third-order valence-electron chi connectivity index (χ3n) is 3.13. The number of rotatable bonds is 6. The Morgan fingerprint density at radius 1 is 1.53 bits per heavy atom. The zero-order valence-corrected chi connectivity index (χ0v) is 11.8. The molecule has 4 nitrogen and oxygen atoms in total. The molecular formula is C15H21N3O. The molecule has 0 bridgehead atoms. The summed E-state index contributed by atoms with van der Waals surface area (Å²) in [5.41, 5.74) is 1.21. The lowest BCUT2D eigenvalue weighted by molar-refractivity contribution is -0.117. The van der Waals surface area contributed by atoms with Gasteiger partial charge >= 0.3 is 0 Å². The van der Waals surface area contributed by atoms with Crippen LogP contribution in [0.4, 0.5) is 5.69 Å². The van der Waals surface area contributed by atoms with Crippen LogP contribution in [0.15, 0.2) is 24.3 Å². The van der Waals surface area contributed by atoms with Crippen molar-refractivity contribution in [3.63, 3.8) is 0 Å². The average Bonchev–Trinajstić information content (AvgIpc) is 2.39. The first-order valence-corrected chi connectivity index (χ1v) is 6.57. The summed E-state index contributed by atoms with van der Waals surface area (Å²) in [4.78, 5) is 13.9. The minimum absolute atomic E-state index is 0.0551. The number of carbonyl (C=O) groups is 1. The molecule has 0 spiro atoms. The second-order valence-electron chi connectivity index (χ2n) is 4.79. The van der Waals surface area contributed by atoms with E-state index in [9.17, 15) is 4.79 Å². The third kappa shape index (κ3) is 5.11. The van der Waals surface area contributed by atoms with Gasteiger partial charge in [0.1, 0.15) is 0 Å². The molecule has 1 atom stereocenters. The standard InChI is InChI=1S/C15H21N3O/c1-4-6-12(2)18(3)11-15(19)17-14-8-5-7-13(9-14)10-16/h5,7-9,12H,4,6,11H2,1-3H3,(H,17,19). The number of nitrogens with zero attached hydrogens (tertiary/aromatic N) is 2. The molecular weight excluding hydrogens is 238 g/mol. The molecule has 0 fully saturated rings. The highest BCUT2D eigenvalue weighted by atomic mass is 16.2. The highest BCUT2D eigenvalue weighted by molar-refractivity contribution is 5.92. The Morgan fingerprint density at radius 3 is 2.89 bits per heavy atom. The first-order chi connectivity index (χ1) is 9.06. The van der Waals surface area contributed by atoms with Crippen LogP contribution in [0.2, 0.25) is 0 Å². The number of hydrogen-bond acceptors (Lipinski definition) is 3. The summed E-state index contributed by atoms with van der Waals surface area (Å²) in [5.74, 6) is -0.0551. The van der Waals surface area contributed by atoms with E-state index in [-0.39, 0.29) is 5.91 Å². The van der Waals surface area contributed by atoms with E-state index in [1.807, 2.05) is 11.9 Å². The average molecular weight is 259 g/mol. The molecule has 0 radical (unpaired) electrons. The fourth-order valence-corrected chi connectivity index (χ4v) is 1.89. The maximum atomic E-state index is 11.9. The number of anilines is 1. The van der Waals surface area contributed by atoms with Crippen molar-refractivity contribution >= 4 is 11.6 Å². The van der Waals surface area contributed by atoms with Gasteiger partial charge in [-0.1, -0.05) is 19.4 Å². The van der Waals surface area contributed by atoms with Gasteiger partial charge in [0.15, 0.2) is 0 Å². The van der Waals surface area contributed by atoms with Gasteiger partial charge in [-0.15, -0.1) is 0 Å². The molecule has 102 valence electrons. The van der Waals surface area contributed by atoms with E-state index in [1.165, 1.54) is 0 Å². The molecule has 0 aliphatic heterocycles. The Morgan fingerprint density at radius 2 is 2.26 bits per heavy atom. The Bertz CT molecular complexity index is 465. The van der Waals surface area contributed by atoms with E-state index >= 15 is 0 Å². The lowest BCUT2D eigenvalue weighted by Crippen LogP contribution is -2.36. The minimum Gasteiger partial charge on any atom is -0.325 e. The van der Waals surface area contributed by atoms with Crippen LogP contribution >= 0.6 is 0 Å². The molecule has 19 heavy (non-hydrogen) atoms. The molecule has 1 aromatic rings. The van der Waals surface area contributed by atoms with Crippen molar-refractivity contribution in [1.29, 1.82) is 5.26 Å². The number of amides is 1. The SMILES string of the molecule is CCCC(C)N(C)CC(=O)Nc1cccc(C#N)c1. The van der Waals surface area contributed by atoms with E-state index in [0.717, 1.165) is 12.8 Å². The van der Waals surface area contributed by atoms with Gasteiger partial charge in [0.25, 0.3) is 0 Å². The van der Waals surface area contributed by atoms with Gasteiger partial charge < -0.3 is 5.32 Å². The smallest absolute Gasteiger partial charge is 0.238 e. The van der Waals surface area contributed by atoms with E-state index in [1.54, 1.807) is 24.3 Å². The second kappa shape index (κ2) is 7.55. The number of nitrogens with one attached hydrogen (secondary N) is 1. The van der Waals surface area contributed by atoms with Gasteiger partial charge in [0.05, 0.1) is 18.2 Å². The molecule has 4 heteroatoms. The van der Waals surface area contributed by atoms with Crippen LogP contribution in [0.25, 0.3) is 0 Å². The van der Waals surface area contributed by atoms with Crippen molar-refractivity contribution in [2.24, 2.45) is 0 Å². The van der Waals surface area contributed by atoms with E-state index < -0.39 is 0 Å². The number of likely N-dealkylation sites (N-methyl/N-ethyl adjacent to an activating group) is 1. The quantitative estimate of drug-likeness (QED) is 0.854. The molecule has 0 aliphatic rings. The first kappa shape index (κ1) is 15.2. The summed E-state index contributed by atoms with van der Waals surface area (Å²) in [5, 5.41) is 11.6. The Kier molecular flexibility index (Phi) is 6.04. The van der Waals surface area contributed by atoms with Crippen molar-refractivity contribution in [2.75, 3.05) is 18.9 Å². The van der Waals surface area contributed by atoms with E-state index in [2.05, 4.69) is 25.2 Å². The van der Waals surface area contributed by atoms with Gasteiger partial charge in [0, 0.05) is 11.7 Å². The summed E-state index contributed by atoms with van der Waals surface area (Å²) in [6, 6.07) is 9.38. The molecule has 1 amide bonds. The fraction of sp³-hybridized carbons (Fsp3) is 0.467. The number of benzene rings is 1. The van der Waals surface area contributed by atoms with Crippen molar-refractivity contribution < 1.29 is 4.79 Å². The van der Waals surface area contributed by atoms with E-state index in [0.29, 0.717) is 23.8 Å². The molecule has 1 rings (SSSR count). The zero-order valence-electron chi connectivity index (χ0n) is 11.8. The lowest BCUT2D eigenvalue weighted by atomic mass is 10.2. The summed E-state index contributed by atoms with van der Waals surface area (Å²) in [6.07, 6.45) is 2.19. The number of nitriles is 1. The van der Waals surface area contributed by atoms with Crippen LogP contribution in [0.5, 0.6) is 0 Å². The monoisotopic (exact) mass is 259 g/mol. The Balaban J connectivity index is 2.53. The topological polar surface area (TPSA) is 56.1 Å². The fourth-order valence-electron chi connectivity index (χ4n) is 1.89. The predicted octanol–water partition coefficient (Wildman–Crippen LogP) is 2.62. The Labute approximate surface area is 115 Å². The van der Waals surface area contributed by atoms with Crippen LogP contribution in [0, 0.1) is 11.3 Å². The van der Waals surface area contributed by atoms with Gasteiger partial charge in [-0.3, -0.25) is 9.69 Å². The molecule has 0 aromatic heterocycles. The molecule has 0 aliphatic carbocycles. The summed E-state index contributed by atoms with van der Waals surface area (Å²) in [7, 11) is 1.95. The van der Waals surface area contributed by atoms with Crippen molar-refractivity contribution in [1.82, 2.24) is 4.90 Å². The van der Waals surface area contributed by atoms with Gasteiger partial charge in [-0.2, -0.15) is 5.26 Å². The number of carbonyl (C=O) groups excluding carboxylic acids is 1. The van der Waals surface area contributed by atoms with Crippen molar-refractivity contribution in [2.45, 2.75) is 32.7 Å². The van der Waals surface area contributed by atoms with Crippen LogP contribution in [0.1, 0.15) is 32.3 Å². The number of hydrogen-bond donors (Lipinski definition) is 1. The molecule has 0 saturated carbocycles. The normalized spacial score (nSPS) is 11.9.